The van der Waals surface area contributed by atoms with Crippen molar-refractivity contribution in [3.05, 3.63) is 54.6 Å². The third kappa shape index (κ3) is 2.89. The number of aromatic nitrogens is 7. The molecule has 0 radical (unpaired) electrons. The smallest absolute Gasteiger partial charge is 0.161 e. The van der Waals surface area contributed by atoms with Crippen LogP contribution in [0.1, 0.15) is 5.56 Å². The van der Waals surface area contributed by atoms with E-state index in [1.165, 1.54) is 0 Å². The molecule has 0 aliphatic carbocycles. The van der Waals surface area contributed by atoms with Crippen LogP contribution in [0, 0.1) is 0 Å². The number of fused-ring (bicyclic) bond motifs is 2. The fraction of sp³-hybridized carbons (Fsp3) is 0.150. The Balaban J connectivity index is 1.60. The van der Waals surface area contributed by atoms with Crippen molar-refractivity contribution >= 4 is 22.1 Å². The van der Waals surface area contributed by atoms with Crippen LogP contribution in [0.25, 0.3) is 44.8 Å². The SMILES string of the molecule is CN(C)Cc1cncc(-c2ccc3[nH]nc(-c4nc5ccncc5[nH]4)c3n2)c1. The van der Waals surface area contributed by atoms with Gasteiger partial charge in [0.2, 0.25) is 0 Å². The van der Waals surface area contributed by atoms with Gasteiger partial charge in [-0.3, -0.25) is 15.1 Å². The Morgan fingerprint density at radius 1 is 0.964 bits per heavy atom. The molecule has 8 nitrogen and oxygen atoms in total. The summed E-state index contributed by atoms with van der Waals surface area (Å²) in [5, 5.41) is 7.47. The maximum Gasteiger partial charge on any atom is 0.161 e. The normalized spacial score (nSPS) is 11.7. The van der Waals surface area contributed by atoms with E-state index in [0.717, 1.165) is 45.4 Å². The van der Waals surface area contributed by atoms with Crippen molar-refractivity contribution in [2.75, 3.05) is 14.1 Å². The van der Waals surface area contributed by atoms with E-state index in [4.69, 9.17) is 4.98 Å². The molecule has 0 unspecified atom stereocenters. The highest BCUT2D eigenvalue weighted by Gasteiger charge is 2.15. The summed E-state index contributed by atoms with van der Waals surface area (Å²) < 4.78 is 0. The van der Waals surface area contributed by atoms with Crippen LogP contribution in [0.5, 0.6) is 0 Å². The Labute approximate surface area is 160 Å². The van der Waals surface area contributed by atoms with Gasteiger partial charge in [0.1, 0.15) is 5.52 Å². The number of H-pyrrole nitrogens is 2. The van der Waals surface area contributed by atoms with Crippen molar-refractivity contribution in [2.24, 2.45) is 0 Å². The van der Waals surface area contributed by atoms with Gasteiger partial charge >= 0.3 is 0 Å². The zero-order valence-corrected chi connectivity index (χ0v) is 15.5. The van der Waals surface area contributed by atoms with Gasteiger partial charge in [-0.25, -0.2) is 9.97 Å². The minimum atomic E-state index is 0.665. The van der Waals surface area contributed by atoms with E-state index < -0.39 is 0 Å². The lowest BCUT2D eigenvalue weighted by molar-refractivity contribution is 0.402. The minimum Gasteiger partial charge on any atom is -0.335 e. The Bertz CT molecular complexity index is 1250. The predicted octanol–water partition coefficient (Wildman–Crippen LogP) is 3.02. The summed E-state index contributed by atoms with van der Waals surface area (Å²) >= 11 is 0. The molecule has 0 spiro atoms. The first kappa shape index (κ1) is 16.5. The van der Waals surface area contributed by atoms with Crippen LogP contribution in [-0.4, -0.2) is 54.1 Å². The Morgan fingerprint density at radius 2 is 1.89 bits per heavy atom. The van der Waals surface area contributed by atoms with E-state index in [1.54, 1.807) is 12.4 Å². The predicted molar refractivity (Wildman–Crippen MR) is 107 cm³/mol. The molecular weight excluding hydrogens is 352 g/mol. The van der Waals surface area contributed by atoms with E-state index in [0.29, 0.717) is 11.5 Å². The van der Waals surface area contributed by atoms with Crippen molar-refractivity contribution in [2.45, 2.75) is 6.54 Å². The lowest BCUT2D eigenvalue weighted by Crippen LogP contribution is -2.10. The second-order valence-corrected chi connectivity index (χ2v) is 6.96. The Kier molecular flexibility index (Phi) is 3.84. The van der Waals surface area contributed by atoms with Crippen molar-refractivity contribution in [1.29, 1.82) is 0 Å². The third-order valence-corrected chi connectivity index (χ3v) is 4.50. The van der Waals surface area contributed by atoms with Crippen molar-refractivity contribution < 1.29 is 0 Å². The molecule has 0 aliphatic rings. The molecule has 5 aromatic heterocycles. The van der Waals surface area contributed by atoms with Gasteiger partial charge in [0, 0.05) is 30.7 Å². The Morgan fingerprint density at radius 3 is 2.75 bits per heavy atom. The fourth-order valence-electron chi connectivity index (χ4n) is 3.27. The molecule has 138 valence electrons. The number of nitrogens with zero attached hydrogens (tertiary/aromatic N) is 6. The second kappa shape index (κ2) is 6.50. The van der Waals surface area contributed by atoms with Gasteiger partial charge in [0.15, 0.2) is 11.5 Å². The number of imidazole rings is 1. The maximum atomic E-state index is 4.85. The number of hydrogen-bond donors (Lipinski definition) is 2. The quantitative estimate of drug-likeness (QED) is 0.504. The summed E-state index contributed by atoms with van der Waals surface area (Å²) in [6.07, 6.45) is 7.19. The highest BCUT2D eigenvalue weighted by atomic mass is 15.1. The van der Waals surface area contributed by atoms with Crippen LogP contribution in [0.15, 0.2) is 49.1 Å². The van der Waals surface area contributed by atoms with Gasteiger partial charge in [-0.05, 0) is 43.9 Å². The molecule has 0 fully saturated rings. The average molecular weight is 370 g/mol. The molecule has 5 heterocycles. The highest BCUT2D eigenvalue weighted by molar-refractivity contribution is 5.91. The largest absolute Gasteiger partial charge is 0.335 e. The van der Waals surface area contributed by atoms with Gasteiger partial charge in [-0.2, -0.15) is 5.10 Å². The molecule has 28 heavy (non-hydrogen) atoms. The summed E-state index contributed by atoms with van der Waals surface area (Å²) in [5.41, 5.74) is 6.98. The maximum absolute atomic E-state index is 4.85. The summed E-state index contributed by atoms with van der Waals surface area (Å²) in [7, 11) is 4.08. The summed E-state index contributed by atoms with van der Waals surface area (Å²) in [5.74, 6) is 0.665. The molecule has 0 saturated carbocycles. The fourth-order valence-corrected chi connectivity index (χ4v) is 3.27. The molecule has 8 heteroatoms. The molecule has 2 N–H and O–H groups in total. The average Bonchev–Trinajstić information content (AvgIpc) is 3.30. The Hall–Kier alpha value is -3.65. The topological polar surface area (TPSA) is 99.3 Å². The molecule has 0 bridgehead atoms. The second-order valence-electron chi connectivity index (χ2n) is 6.96. The molecule has 0 aromatic carbocycles. The highest BCUT2D eigenvalue weighted by Crippen LogP contribution is 2.27. The van der Waals surface area contributed by atoms with Crippen molar-refractivity contribution in [3.8, 4) is 22.8 Å². The lowest BCUT2D eigenvalue weighted by Gasteiger charge is -2.10. The zero-order chi connectivity index (χ0) is 19.1. The van der Waals surface area contributed by atoms with Crippen LogP contribution < -0.4 is 0 Å². The summed E-state index contributed by atoms with van der Waals surface area (Å²) in [6, 6.07) is 7.94. The first-order chi connectivity index (χ1) is 13.7. The van der Waals surface area contributed by atoms with Crippen LogP contribution in [0.3, 0.4) is 0 Å². The van der Waals surface area contributed by atoms with E-state index in [1.807, 2.05) is 44.7 Å². The van der Waals surface area contributed by atoms with Crippen molar-refractivity contribution in [3.63, 3.8) is 0 Å². The van der Waals surface area contributed by atoms with E-state index >= 15 is 0 Å². The third-order valence-electron chi connectivity index (χ3n) is 4.50. The molecule has 0 aliphatic heterocycles. The minimum absolute atomic E-state index is 0.665. The molecule has 5 rings (SSSR count). The van der Waals surface area contributed by atoms with Gasteiger partial charge in [-0.15, -0.1) is 0 Å². The molecule has 0 atom stereocenters. The summed E-state index contributed by atoms with van der Waals surface area (Å²) in [4.78, 5) is 23.3. The molecule has 0 amide bonds. The number of pyridine rings is 3. The first-order valence-corrected chi connectivity index (χ1v) is 8.91. The van der Waals surface area contributed by atoms with Crippen LogP contribution in [0.4, 0.5) is 0 Å². The number of rotatable bonds is 4. The molecule has 5 aromatic rings. The monoisotopic (exact) mass is 370 g/mol. The van der Waals surface area contributed by atoms with Gasteiger partial charge in [-0.1, -0.05) is 0 Å². The van der Waals surface area contributed by atoms with Gasteiger partial charge in [0.05, 0.1) is 28.4 Å². The standard InChI is InChI=1S/C20H18N8/c1-28(2)11-12-7-13(9-22-8-12)14-3-4-16-18(23-14)19(27-26-16)20-24-15-5-6-21-10-17(15)25-20/h3-10H,11H2,1-2H3,(H,24,25)(H,26,27). The van der Waals surface area contributed by atoms with Crippen LogP contribution in [-0.2, 0) is 6.54 Å². The molecular formula is C20H18N8. The first-order valence-electron chi connectivity index (χ1n) is 8.91. The van der Waals surface area contributed by atoms with E-state index in [-0.39, 0.29) is 0 Å². The summed E-state index contributed by atoms with van der Waals surface area (Å²) in [6.45, 7) is 0.826. The molecule has 0 saturated heterocycles. The van der Waals surface area contributed by atoms with Crippen LogP contribution >= 0.6 is 0 Å². The van der Waals surface area contributed by atoms with Crippen LogP contribution in [0.2, 0.25) is 0 Å². The van der Waals surface area contributed by atoms with E-state index in [2.05, 4.69) is 41.1 Å². The van der Waals surface area contributed by atoms with Gasteiger partial charge < -0.3 is 9.88 Å². The number of aromatic amines is 2. The van der Waals surface area contributed by atoms with Crippen molar-refractivity contribution in [1.82, 2.24) is 40.0 Å². The van der Waals surface area contributed by atoms with E-state index in [9.17, 15) is 0 Å². The lowest BCUT2D eigenvalue weighted by atomic mass is 10.1. The van der Waals surface area contributed by atoms with Gasteiger partial charge in [0.25, 0.3) is 0 Å². The number of nitrogens with one attached hydrogen (secondary N) is 2. The zero-order valence-electron chi connectivity index (χ0n) is 15.5. The number of hydrogen-bond acceptors (Lipinski definition) is 6.